The molecule has 2 aromatic carbocycles. The van der Waals surface area contributed by atoms with E-state index in [9.17, 15) is 14.0 Å². The molecule has 166 valence electrons. The van der Waals surface area contributed by atoms with E-state index in [-0.39, 0.29) is 16.9 Å². The second-order valence-corrected chi connectivity index (χ2v) is 7.97. The number of halogens is 1. The first-order chi connectivity index (χ1) is 16.0. The van der Waals surface area contributed by atoms with E-state index in [4.69, 9.17) is 5.73 Å². The molecule has 2 aromatic heterocycles. The molecule has 1 aliphatic rings. The summed E-state index contributed by atoms with van der Waals surface area (Å²) in [6.45, 7) is 1.81. The molecule has 0 fully saturated rings. The zero-order valence-corrected chi connectivity index (χ0v) is 17.8. The van der Waals surface area contributed by atoms with Crippen LogP contribution in [0.4, 0.5) is 15.9 Å². The Balaban J connectivity index is 1.51. The van der Waals surface area contributed by atoms with Gasteiger partial charge >= 0.3 is 0 Å². The van der Waals surface area contributed by atoms with Gasteiger partial charge in [0.15, 0.2) is 11.5 Å². The van der Waals surface area contributed by atoms with Gasteiger partial charge in [-0.1, -0.05) is 30.3 Å². The lowest BCUT2D eigenvalue weighted by Gasteiger charge is -2.40. The van der Waals surface area contributed by atoms with Crippen LogP contribution in [0.5, 0.6) is 0 Å². The van der Waals surface area contributed by atoms with Gasteiger partial charge in [-0.2, -0.15) is 0 Å². The van der Waals surface area contributed by atoms with Crippen molar-refractivity contribution in [2.45, 2.75) is 25.4 Å². The first kappa shape index (κ1) is 20.6. The van der Waals surface area contributed by atoms with Gasteiger partial charge in [-0.05, 0) is 43.2 Å². The highest BCUT2D eigenvalue weighted by atomic mass is 19.1. The van der Waals surface area contributed by atoms with Crippen molar-refractivity contribution in [1.29, 1.82) is 0 Å². The zero-order chi connectivity index (χ0) is 23.1. The topological polar surface area (TPSA) is 106 Å². The minimum atomic E-state index is -0.557. The van der Waals surface area contributed by atoms with Crippen molar-refractivity contribution >= 4 is 29.0 Å². The molecule has 0 spiro atoms. The van der Waals surface area contributed by atoms with Crippen LogP contribution < -0.4 is 16.0 Å². The highest BCUT2D eigenvalue weighted by Gasteiger charge is 2.38. The zero-order valence-electron chi connectivity index (χ0n) is 17.8. The molecule has 4 aromatic rings. The number of amides is 2. The summed E-state index contributed by atoms with van der Waals surface area (Å²) >= 11 is 0. The number of carbonyl (C=O) groups is 2. The van der Waals surface area contributed by atoms with Crippen LogP contribution in [0.15, 0.2) is 67.0 Å². The van der Waals surface area contributed by atoms with Crippen LogP contribution in [0, 0.1) is 5.82 Å². The Morgan fingerprint density at radius 2 is 1.97 bits per heavy atom. The van der Waals surface area contributed by atoms with Crippen molar-refractivity contribution in [1.82, 2.24) is 19.9 Å². The van der Waals surface area contributed by atoms with Crippen molar-refractivity contribution in [3.8, 4) is 0 Å². The minimum Gasteiger partial charge on any atom is -0.381 e. The number of hydrogen-bond acceptors (Lipinski definition) is 5. The third-order valence-corrected chi connectivity index (χ3v) is 5.91. The molecule has 33 heavy (non-hydrogen) atoms. The Kier molecular flexibility index (Phi) is 5.01. The fourth-order valence-electron chi connectivity index (χ4n) is 4.36. The number of hydrogen-bond donors (Lipinski definition) is 2. The Morgan fingerprint density at radius 1 is 1.18 bits per heavy atom. The van der Waals surface area contributed by atoms with Crippen molar-refractivity contribution < 1.29 is 14.0 Å². The molecule has 3 heterocycles. The van der Waals surface area contributed by atoms with E-state index in [0.29, 0.717) is 23.3 Å². The summed E-state index contributed by atoms with van der Waals surface area (Å²) < 4.78 is 16.0. The maximum atomic E-state index is 14.6. The molecule has 1 unspecified atom stereocenters. The number of carbonyl (C=O) groups excluding carboxylic acids is 2. The third kappa shape index (κ3) is 3.47. The number of fused-ring (bicyclic) bond motifs is 2. The van der Waals surface area contributed by atoms with Crippen LogP contribution in [0.1, 0.15) is 33.2 Å². The third-order valence-electron chi connectivity index (χ3n) is 5.91. The molecular weight excluding hydrogens is 423 g/mol. The van der Waals surface area contributed by atoms with E-state index in [0.717, 1.165) is 0 Å². The van der Waals surface area contributed by atoms with E-state index < -0.39 is 29.7 Å². The van der Waals surface area contributed by atoms with Crippen LogP contribution >= 0.6 is 0 Å². The molecule has 3 N–H and O–H groups in total. The van der Waals surface area contributed by atoms with Crippen LogP contribution in [-0.2, 0) is 6.42 Å². The van der Waals surface area contributed by atoms with Gasteiger partial charge in [0.05, 0.1) is 11.6 Å². The normalized spacial score (nSPS) is 16.5. The largest absolute Gasteiger partial charge is 0.381 e. The molecule has 5 rings (SSSR count). The number of anilines is 2. The van der Waals surface area contributed by atoms with Crippen molar-refractivity contribution in [3.05, 3.63) is 89.5 Å². The summed E-state index contributed by atoms with van der Waals surface area (Å²) in [5, 5.41) is 7.08. The van der Waals surface area contributed by atoms with Crippen LogP contribution in [0.25, 0.3) is 5.65 Å². The van der Waals surface area contributed by atoms with Crippen LogP contribution in [-0.4, -0.2) is 38.5 Å². The Labute approximate surface area is 188 Å². The van der Waals surface area contributed by atoms with Gasteiger partial charge in [-0.25, -0.2) is 13.9 Å². The maximum Gasteiger partial charge on any atom is 0.261 e. The van der Waals surface area contributed by atoms with Crippen LogP contribution in [0.3, 0.4) is 0 Å². The molecule has 0 aliphatic carbocycles. The van der Waals surface area contributed by atoms with Gasteiger partial charge in [0.1, 0.15) is 11.4 Å². The highest BCUT2D eigenvalue weighted by Crippen LogP contribution is 2.31. The molecule has 0 bridgehead atoms. The summed E-state index contributed by atoms with van der Waals surface area (Å²) in [6, 6.07) is 14.4. The van der Waals surface area contributed by atoms with Gasteiger partial charge in [0.2, 0.25) is 0 Å². The fraction of sp³-hybridized carbons (Fsp3) is 0.167. The molecule has 2 atom stereocenters. The van der Waals surface area contributed by atoms with Crippen LogP contribution in [0.2, 0.25) is 0 Å². The quantitative estimate of drug-likeness (QED) is 0.504. The Bertz CT molecular complexity index is 1370. The average molecular weight is 444 g/mol. The molecule has 0 saturated carbocycles. The number of aromatic nitrogens is 3. The Morgan fingerprint density at radius 3 is 2.76 bits per heavy atom. The Hall–Kier alpha value is -4.27. The number of nitrogens with two attached hydrogens (primary N) is 1. The monoisotopic (exact) mass is 444 g/mol. The van der Waals surface area contributed by atoms with E-state index >= 15 is 0 Å². The summed E-state index contributed by atoms with van der Waals surface area (Å²) in [6.07, 6.45) is 3.58. The maximum absolute atomic E-state index is 14.6. The van der Waals surface area contributed by atoms with E-state index in [1.165, 1.54) is 10.6 Å². The summed E-state index contributed by atoms with van der Waals surface area (Å²) in [5.41, 5.74) is 7.79. The minimum absolute atomic E-state index is 0.0606. The van der Waals surface area contributed by atoms with E-state index in [1.54, 1.807) is 47.6 Å². The summed E-state index contributed by atoms with van der Waals surface area (Å²) in [7, 11) is 0. The lowest BCUT2D eigenvalue weighted by Crippen LogP contribution is -2.56. The SMILES string of the molecule is C[C@H](NC(=O)c1c(N)nn2cccnc12)C1Cc2cccc(F)c2C(=O)N1c1ccccc1. The van der Waals surface area contributed by atoms with Gasteiger partial charge in [0, 0.05) is 24.1 Å². The smallest absolute Gasteiger partial charge is 0.261 e. The van der Waals surface area contributed by atoms with Crippen molar-refractivity contribution in [3.63, 3.8) is 0 Å². The van der Waals surface area contributed by atoms with Gasteiger partial charge in [-0.15, -0.1) is 5.10 Å². The standard InChI is InChI=1S/C24H21FN6O2/c1-14(28-23(32)20-21(26)29-30-12-6-11-27-22(20)30)18-13-15-7-5-10-17(25)19(15)24(33)31(18)16-8-3-2-4-9-16/h2-12,14,18H,13H2,1H3,(H2,26,29)(H,28,32)/t14-,18?/m0/s1. The predicted octanol–water partition coefficient (Wildman–Crippen LogP) is 2.84. The summed E-state index contributed by atoms with van der Waals surface area (Å²) in [5.74, 6) is -1.38. The molecule has 2 amide bonds. The van der Waals surface area contributed by atoms with Gasteiger partial charge in [-0.3, -0.25) is 9.59 Å². The summed E-state index contributed by atoms with van der Waals surface area (Å²) in [4.78, 5) is 32.4. The van der Waals surface area contributed by atoms with Gasteiger partial charge in [0.25, 0.3) is 11.8 Å². The van der Waals surface area contributed by atoms with Crippen molar-refractivity contribution in [2.75, 3.05) is 10.6 Å². The van der Waals surface area contributed by atoms with Gasteiger partial charge < -0.3 is 16.0 Å². The second kappa shape index (κ2) is 8.01. The van der Waals surface area contributed by atoms with E-state index in [2.05, 4.69) is 15.4 Å². The first-order valence-electron chi connectivity index (χ1n) is 10.5. The molecule has 8 nitrogen and oxygen atoms in total. The number of rotatable bonds is 4. The second-order valence-electron chi connectivity index (χ2n) is 7.97. The number of nitrogen functional groups attached to an aromatic ring is 1. The number of para-hydroxylation sites is 1. The van der Waals surface area contributed by atoms with Crippen molar-refractivity contribution in [2.24, 2.45) is 0 Å². The first-order valence-corrected chi connectivity index (χ1v) is 10.5. The lowest BCUT2D eigenvalue weighted by atomic mass is 9.89. The molecular formula is C24H21FN6O2. The highest BCUT2D eigenvalue weighted by molar-refractivity contribution is 6.09. The molecule has 0 saturated heterocycles. The number of nitrogens with zero attached hydrogens (tertiary/aromatic N) is 4. The van der Waals surface area contributed by atoms with E-state index in [1.807, 2.05) is 25.1 Å². The predicted molar refractivity (Wildman–Crippen MR) is 121 cm³/mol. The molecule has 1 aliphatic heterocycles. The molecule has 9 heteroatoms. The number of nitrogens with one attached hydrogen (secondary N) is 1. The molecule has 0 radical (unpaired) electrons. The number of benzene rings is 2. The fourth-order valence-corrected chi connectivity index (χ4v) is 4.36. The lowest BCUT2D eigenvalue weighted by molar-refractivity contribution is 0.0906. The average Bonchev–Trinajstić information content (AvgIpc) is 3.15.